The predicted molar refractivity (Wildman–Crippen MR) is 123 cm³/mol. The summed E-state index contributed by atoms with van der Waals surface area (Å²) in [6, 6.07) is 9.14. The van der Waals surface area contributed by atoms with Crippen LogP contribution in [0.2, 0.25) is 0 Å². The Bertz CT molecular complexity index is 1380. The Morgan fingerprint density at radius 3 is 2.47 bits per heavy atom. The molecule has 34 heavy (non-hydrogen) atoms. The molecule has 3 heterocycles. The van der Waals surface area contributed by atoms with Gasteiger partial charge < -0.3 is 5.32 Å². The molecule has 0 radical (unpaired) electrons. The zero-order valence-electron chi connectivity index (χ0n) is 18.6. The lowest BCUT2D eigenvalue weighted by Crippen LogP contribution is -2.45. The molecule has 0 spiro atoms. The topological polar surface area (TPSA) is 97.2 Å². The third-order valence-electron chi connectivity index (χ3n) is 5.91. The largest absolute Gasteiger partial charge is 0.404 e. The molecule has 182 valence electrons. The van der Waals surface area contributed by atoms with E-state index in [4.69, 9.17) is 0 Å². The van der Waals surface area contributed by atoms with E-state index in [-0.39, 0.29) is 30.6 Å². The maximum atomic E-state index is 13.0. The van der Waals surface area contributed by atoms with Crippen LogP contribution in [0.25, 0.3) is 22.2 Å². The lowest BCUT2D eigenvalue weighted by atomic mass is 10.0. The number of rotatable bonds is 5. The number of fused-ring (bicyclic) bond motifs is 1. The Morgan fingerprint density at radius 2 is 1.82 bits per heavy atom. The van der Waals surface area contributed by atoms with Gasteiger partial charge in [0, 0.05) is 43.3 Å². The average Bonchev–Trinajstić information content (AvgIpc) is 2.76. The number of anilines is 1. The van der Waals surface area contributed by atoms with Crippen LogP contribution >= 0.6 is 0 Å². The number of nitrogens with one attached hydrogen (secondary N) is 1. The highest BCUT2D eigenvalue weighted by Crippen LogP contribution is 2.25. The third kappa shape index (κ3) is 5.07. The fourth-order valence-corrected chi connectivity index (χ4v) is 5.51. The van der Waals surface area contributed by atoms with Crippen molar-refractivity contribution in [3.63, 3.8) is 0 Å². The van der Waals surface area contributed by atoms with E-state index in [0.29, 0.717) is 29.4 Å². The molecule has 1 N–H and O–H groups in total. The van der Waals surface area contributed by atoms with Crippen molar-refractivity contribution in [1.82, 2.24) is 18.8 Å². The molecule has 0 aliphatic carbocycles. The van der Waals surface area contributed by atoms with Crippen molar-refractivity contribution < 1.29 is 21.6 Å². The van der Waals surface area contributed by atoms with Gasteiger partial charge in [0.1, 0.15) is 5.65 Å². The first-order valence-corrected chi connectivity index (χ1v) is 12.3. The van der Waals surface area contributed by atoms with Gasteiger partial charge in [0.15, 0.2) is 5.75 Å². The average molecular weight is 496 g/mol. The first-order chi connectivity index (χ1) is 15.9. The molecule has 2 aromatic heterocycles. The molecule has 0 atom stereocenters. The number of sulfonamides is 1. The van der Waals surface area contributed by atoms with Gasteiger partial charge in [0.05, 0.1) is 0 Å². The number of aryl methyl sites for hydroxylation is 2. The lowest BCUT2D eigenvalue weighted by molar-refractivity contribution is -0.107. The zero-order valence-corrected chi connectivity index (χ0v) is 19.4. The molecule has 12 heteroatoms. The van der Waals surface area contributed by atoms with Crippen molar-refractivity contribution in [2.24, 2.45) is 7.05 Å². The Hall–Kier alpha value is -2.99. The predicted octanol–water partition coefficient (Wildman–Crippen LogP) is 3.07. The van der Waals surface area contributed by atoms with Crippen molar-refractivity contribution in [1.29, 1.82) is 0 Å². The van der Waals surface area contributed by atoms with E-state index in [1.54, 1.807) is 19.3 Å². The van der Waals surface area contributed by atoms with Crippen molar-refractivity contribution >= 4 is 27.0 Å². The second-order valence-corrected chi connectivity index (χ2v) is 10.4. The number of hydrogen-bond donors (Lipinski definition) is 1. The normalized spacial score (nSPS) is 16.1. The smallest absolute Gasteiger partial charge is 0.351 e. The van der Waals surface area contributed by atoms with E-state index in [0.717, 1.165) is 15.4 Å². The van der Waals surface area contributed by atoms with Gasteiger partial charge in [-0.15, -0.1) is 0 Å². The molecule has 0 unspecified atom stereocenters. The van der Waals surface area contributed by atoms with E-state index < -0.39 is 22.0 Å². The number of halogens is 3. The number of pyridine rings is 1. The monoisotopic (exact) mass is 495 g/mol. The van der Waals surface area contributed by atoms with E-state index in [1.165, 1.54) is 4.57 Å². The zero-order chi connectivity index (χ0) is 24.7. The summed E-state index contributed by atoms with van der Waals surface area (Å²) in [4.78, 5) is 21.8. The highest BCUT2D eigenvalue weighted by atomic mass is 32.2. The molecule has 3 aromatic rings. The van der Waals surface area contributed by atoms with Crippen molar-refractivity contribution in [2.45, 2.75) is 32.0 Å². The summed E-state index contributed by atoms with van der Waals surface area (Å²) in [5.41, 5.74) is 2.59. The maximum Gasteiger partial charge on any atom is 0.404 e. The summed E-state index contributed by atoms with van der Waals surface area (Å²) >= 11 is 0. The number of alkyl halides is 3. The van der Waals surface area contributed by atoms with E-state index in [9.17, 15) is 26.4 Å². The highest BCUT2D eigenvalue weighted by molar-refractivity contribution is 7.89. The summed E-state index contributed by atoms with van der Waals surface area (Å²) in [5.74, 6) is -1.59. The molecule has 0 saturated carbocycles. The summed E-state index contributed by atoms with van der Waals surface area (Å²) in [7, 11) is -2.76. The van der Waals surface area contributed by atoms with E-state index in [2.05, 4.69) is 15.3 Å². The summed E-state index contributed by atoms with van der Waals surface area (Å²) in [6.45, 7) is 1.88. The van der Waals surface area contributed by atoms with Crippen LogP contribution in [0.1, 0.15) is 18.4 Å². The minimum Gasteiger partial charge on any atom is -0.351 e. The molecule has 8 nitrogen and oxygen atoms in total. The van der Waals surface area contributed by atoms with Crippen LogP contribution in [0.15, 0.2) is 41.3 Å². The number of aromatic nitrogens is 3. The summed E-state index contributed by atoms with van der Waals surface area (Å²) < 4.78 is 63.9. The van der Waals surface area contributed by atoms with Crippen molar-refractivity contribution in [3.8, 4) is 11.1 Å². The molecule has 0 bridgehead atoms. The van der Waals surface area contributed by atoms with Gasteiger partial charge in [-0.2, -0.15) is 18.2 Å². The molecule has 0 amide bonds. The van der Waals surface area contributed by atoms with Gasteiger partial charge in [0.2, 0.25) is 16.0 Å². The van der Waals surface area contributed by atoms with Gasteiger partial charge in [-0.3, -0.25) is 9.36 Å². The second kappa shape index (κ2) is 8.99. The SMILES string of the molecule is Cc1ccccc1-c1cc2cnc(NC3CCN(S(=O)(=O)CC(F)(F)F)CC3)nc2n(C)c1=O. The van der Waals surface area contributed by atoms with Crippen LogP contribution in [-0.2, 0) is 17.1 Å². The van der Waals surface area contributed by atoms with Crippen LogP contribution in [0.3, 0.4) is 0 Å². The van der Waals surface area contributed by atoms with E-state index in [1.807, 2.05) is 31.2 Å². The Labute approximate surface area is 194 Å². The third-order valence-corrected chi connectivity index (χ3v) is 7.75. The van der Waals surface area contributed by atoms with Crippen molar-refractivity contribution in [3.05, 3.63) is 52.4 Å². The van der Waals surface area contributed by atoms with Gasteiger partial charge in [-0.05, 0) is 37.0 Å². The van der Waals surface area contributed by atoms with Crippen LogP contribution in [0, 0.1) is 6.92 Å². The highest BCUT2D eigenvalue weighted by Gasteiger charge is 2.39. The van der Waals surface area contributed by atoms with Crippen LogP contribution in [0.5, 0.6) is 0 Å². The molecule has 1 fully saturated rings. The van der Waals surface area contributed by atoms with E-state index >= 15 is 0 Å². The Morgan fingerprint density at radius 1 is 1.15 bits per heavy atom. The van der Waals surface area contributed by atoms with Crippen molar-refractivity contribution in [2.75, 3.05) is 24.2 Å². The summed E-state index contributed by atoms with van der Waals surface area (Å²) in [6.07, 6.45) is -2.55. The van der Waals surface area contributed by atoms with Crippen LogP contribution in [-0.4, -0.2) is 58.3 Å². The Balaban J connectivity index is 1.51. The molecule has 4 rings (SSSR count). The maximum absolute atomic E-state index is 13.0. The lowest BCUT2D eigenvalue weighted by Gasteiger charge is -2.31. The molecule has 1 aliphatic rings. The van der Waals surface area contributed by atoms with Crippen LogP contribution in [0.4, 0.5) is 19.1 Å². The first-order valence-electron chi connectivity index (χ1n) is 10.7. The van der Waals surface area contributed by atoms with Gasteiger partial charge in [-0.25, -0.2) is 17.7 Å². The van der Waals surface area contributed by atoms with Gasteiger partial charge >= 0.3 is 6.18 Å². The molecular formula is C22H24F3N5O3S. The molecule has 1 aromatic carbocycles. The quantitative estimate of drug-likeness (QED) is 0.585. The molecule has 1 aliphatic heterocycles. The second-order valence-electron chi connectivity index (χ2n) is 8.40. The van der Waals surface area contributed by atoms with Gasteiger partial charge in [0.25, 0.3) is 5.56 Å². The fourth-order valence-electron chi connectivity index (χ4n) is 4.14. The first kappa shape index (κ1) is 24.1. The number of hydrogen-bond acceptors (Lipinski definition) is 6. The van der Waals surface area contributed by atoms with Crippen LogP contribution < -0.4 is 10.9 Å². The number of piperidine rings is 1. The molecule has 1 saturated heterocycles. The Kier molecular flexibility index (Phi) is 6.38. The number of benzene rings is 1. The van der Waals surface area contributed by atoms with Gasteiger partial charge in [-0.1, -0.05) is 24.3 Å². The molecular weight excluding hydrogens is 471 g/mol. The minimum absolute atomic E-state index is 0.0259. The number of nitrogens with zero attached hydrogens (tertiary/aromatic N) is 4. The standard InChI is InChI=1S/C22H24F3N5O3S/c1-14-5-3-4-6-17(14)18-11-15-12-26-21(28-19(15)29(2)20(18)31)27-16-7-9-30(10-8-16)34(32,33)13-22(23,24)25/h3-6,11-12,16H,7-10,13H2,1-2H3,(H,26,27,28). The minimum atomic E-state index is -4.78. The summed E-state index contributed by atoms with van der Waals surface area (Å²) in [5, 5.41) is 3.79. The fraction of sp³-hybridized carbons (Fsp3) is 0.409.